The summed E-state index contributed by atoms with van der Waals surface area (Å²) in [6.45, 7) is 5.90. The molecule has 1 unspecified atom stereocenters. The van der Waals surface area contributed by atoms with E-state index >= 15 is 0 Å². The van der Waals surface area contributed by atoms with Crippen LogP contribution in [0.4, 0.5) is 0 Å². The summed E-state index contributed by atoms with van der Waals surface area (Å²) in [5.41, 5.74) is 5.74. The van der Waals surface area contributed by atoms with Crippen LogP contribution in [-0.2, 0) is 4.79 Å². The van der Waals surface area contributed by atoms with Crippen molar-refractivity contribution in [3.8, 4) is 0 Å². The number of hydrogen-bond acceptors (Lipinski definition) is 3. The van der Waals surface area contributed by atoms with Crippen LogP contribution in [0.25, 0.3) is 0 Å². The van der Waals surface area contributed by atoms with Crippen LogP contribution in [0.3, 0.4) is 0 Å². The summed E-state index contributed by atoms with van der Waals surface area (Å²) in [6.07, 6.45) is 0.739. The molecule has 0 aromatic carbocycles. The first-order valence-electron chi connectivity index (χ1n) is 5.47. The highest BCUT2D eigenvalue weighted by Gasteiger charge is 2.38. The summed E-state index contributed by atoms with van der Waals surface area (Å²) in [5, 5.41) is 3.36. The lowest BCUT2D eigenvalue weighted by Gasteiger charge is -2.20. The third-order valence-electron chi connectivity index (χ3n) is 3.46. The summed E-state index contributed by atoms with van der Waals surface area (Å²) in [4.78, 5) is 13.7. The Morgan fingerprint density at radius 1 is 1.47 bits per heavy atom. The molecule has 2 aliphatic heterocycles. The number of hydrogen-bond donors (Lipinski definition) is 2. The molecule has 0 aromatic heterocycles. The number of rotatable bonds is 2. The van der Waals surface area contributed by atoms with Crippen LogP contribution in [0, 0.1) is 11.8 Å². The van der Waals surface area contributed by atoms with Crippen molar-refractivity contribution in [3.05, 3.63) is 0 Å². The van der Waals surface area contributed by atoms with Crippen LogP contribution < -0.4 is 11.1 Å². The van der Waals surface area contributed by atoms with Gasteiger partial charge < -0.3 is 16.0 Å². The van der Waals surface area contributed by atoms with Crippen molar-refractivity contribution in [2.45, 2.75) is 19.4 Å². The van der Waals surface area contributed by atoms with Gasteiger partial charge in [-0.15, -0.1) is 12.4 Å². The number of carbonyl (C=O) groups excluding carboxylic acids is 1. The van der Waals surface area contributed by atoms with Gasteiger partial charge in [0.15, 0.2) is 0 Å². The molecule has 5 heteroatoms. The van der Waals surface area contributed by atoms with E-state index in [9.17, 15) is 4.79 Å². The first-order valence-corrected chi connectivity index (χ1v) is 5.47. The molecule has 15 heavy (non-hydrogen) atoms. The predicted molar refractivity (Wildman–Crippen MR) is 61.9 cm³/mol. The standard InChI is InChI=1S/C10H19N3O.ClH/c1-2-9(11)10(14)13-5-7-3-12-4-8(7)6-13;/h7-9,12H,2-6,11H2,1H3;1H/t7-,8+,9?;. The lowest BCUT2D eigenvalue weighted by atomic mass is 10.0. The number of nitrogens with one attached hydrogen (secondary N) is 1. The fourth-order valence-corrected chi connectivity index (χ4v) is 2.44. The zero-order valence-electron chi connectivity index (χ0n) is 9.11. The fraction of sp³-hybridized carbons (Fsp3) is 0.900. The minimum absolute atomic E-state index is 0. The maximum Gasteiger partial charge on any atom is 0.239 e. The van der Waals surface area contributed by atoms with E-state index in [1.165, 1.54) is 0 Å². The van der Waals surface area contributed by atoms with Gasteiger partial charge in [0.1, 0.15) is 0 Å². The molecule has 0 radical (unpaired) electrons. The zero-order chi connectivity index (χ0) is 10.1. The highest BCUT2D eigenvalue weighted by molar-refractivity contribution is 5.85. The Morgan fingerprint density at radius 3 is 2.47 bits per heavy atom. The molecule has 2 rings (SSSR count). The second kappa shape index (κ2) is 5.14. The second-order valence-electron chi connectivity index (χ2n) is 4.44. The molecule has 2 heterocycles. The van der Waals surface area contributed by atoms with Crippen molar-refractivity contribution in [1.29, 1.82) is 0 Å². The average Bonchev–Trinajstić information content (AvgIpc) is 2.74. The van der Waals surface area contributed by atoms with Gasteiger partial charge in [-0.3, -0.25) is 4.79 Å². The van der Waals surface area contributed by atoms with Gasteiger partial charge in [0, 0.05) is 26.2 Å². The van der Waals surface area contributed by atoms with Crippen molar-refractivity contribution < 1.29 is 4.79 Å². The molecule has 0 aliphatic carbocycles. The summed E-state index contributed by atoms with van der Waals surface area (Å²) in [6, 6.07) is -0.290. The Balaban J connectivity index is 0.00000112. The summed E-state index contributed by atoms with van der Waals surface area (Å²) in [7, 11) is 0. The molecular weight excluding hydrogens is 214 g/mol. The molecule has 0 saturated carbocycles. The maximum absolute atomic E-state index is 11.8. The van der Waals surface area contributed by atoms with E-state index in [1.54, 1.807) is 0 Å². The summed E-state index contributed by atoms with van der Waals surface area (Å²) >= 11 is 0. The number of halogens is 1. The topological polar surface area (TPSA) is 58.4 Å². The van der Waals surface area contributed by atoms with Crippen LogP contribution in [-0.4, -0.2) is 43.0 Å². The number of amides is 1. The number of nitrogens with zero attached hydrogens (tertiary/aromatic N) is 1. The molecule has 2 fully saturated rings. The van der Waals surface area contributed by atoms with Crippen molar-refractivity contribution in [2.24, 2.45) is 17.6 Å². The van der Waals surface area contributed by atoms with Crippen molar-refractivity contribution in [3.63, 3.8) is 0 Å². The number of nitrogens with two attached hydrogens (primary N) is 1. The van der Waals surface area contributed by atoms with Gasteiger partial charge in [-0.2, -0.15) is 0 Å². The van der Waals surface area contributed by atoms with Gasteiger partial charge >= 0.3 is 0 Å². The minimum Gasteiger partial charge on any atom is -0.341 e. The maximum atomic E-state index is 11.8. The monoisotopic (exact) mass is 233 g/mol. The van der Waals surface area contributed by atoms with E-state index in [-0.39, 0.29) is 24.4 Å². The average molecular weight is 234 g/mol. The van der Waals surface area contributed by atoms with Crippen molar-refractivity contribution in [2.75, 3.05) is 26.2 Å². The lowest BCUT2D eigenvalue weighted by Crippen LogP contribution is -2.43. The van der Waals surface area contributed by atoms with Crippen molar-refractivity contribution >= 4 is 18.3 Å². The minimum atomic E-state index is -0.290. The molecule has 0 bridgehead atoms. The van der Waals surface area contributed by atoms with Crippen LogP contribution in [0.15, 0.2) is 0 Å². The first-order chi connectivity index (χ1) is 6.72. The quantitative estimate of drug-likeness (QED) is 0.696. The molecule has 88 valence electrons. The first kappa shape index (κ1) is 12.7. The van der Waals surface area contributed by atoms with Gasteiger partial charge in [-0.25, -0.2) is 0 Å². The molecule has 0 aromatic rings. The largest absolute Gasteiger partial charge is 0.341 e. The van der Waals surface area contributed by atoms with Gasteiger partial charge in [-0.05, 0) is 18.3 Å². The van der Waals surface area contributed by atoms with E-state index in [1.807, 2.05) is 11.8 Å². The zero-order valence-corrected chi connectivity index (χ0v) is 9.93. The Morgan fingerprint density at radius 2 is 2.00 bits per heavy atom. The van der Waals surface area contributed by atoms with Crippen molar-refractivity contribution in [1.82, 2.24) is 10.2 Å². The summed E-state index contributed by atoms with van der Waals surface area (Å²) in [5.74, 6) is 1.48. The number of carbonyl (C=O) groups is 1. The van der Waals surface area contributed by atoms with Gasteiger partial charge in [-0.1, -0.05) is 6.92 Å². The Hall–Kier alpha value is -0.320. The highest BCUT2D eigenvalue weighted by Crippen LogP contribution is 2.26. The Bertz CT molecular complexity index is 225. The fourth-order valence-electron chi connectivity index (χ4n) is 2.44. The summed E-state index contributed by atoms with van der Waals surface area (Å²) < 4.78 is 0. The second-order valence-corrected chi connectivity index (χ2v) is 4.44. The van der Waals surface area contributed by atoms with Crippen LogP contribution >= 0.6 is 12.4 Å². The highest BCUT2D eigenvalue weighted by atomic mass is 35.5. The molecule has 3 N–H and O–H groups in total. The molecule has 0 spiro atoms. The molecular formula is C10H20ClN3O. The molecule has 1 amide bonds. The van der Waals surface area contributed by atoms with E-state index in [0.717, 1.165) is 32.6 Å². The van der Waals surface area contributed by atoms with Crippen LogP contribution in [0.5, 0.6) is 0 Å². The van der Waals surface area contributed by atoms with Gasteiger partial charge in [0.2, 0.25) is 5.91 Å². The van der Waals surface area contributed by atoms with Crippen LogP contribution in [0.2, 0.25) is 0 Å². The smallest absolute Gasteiger partial charge is 0.239 e. The van der Waals surface area contributed by atoms with E-state index in [0.29, 0.717) is 11.8 Å². The van der Waals surface area contributed by atoms with E-state index < -0.39 is 0 Å². The molecule has 3 atom stereocenters. The SMILES string of the molecule is CCC(N)C(=O)N1C[C@H]2CNC[C@H]2C1.Cl. The molecule has 2 aliphatic rings. The number of likely N-dealkylation sites (tertiary alicyclic amines) is 1. The van der Waals surface area contributed by atoms with Crippen LogP contribution in [0.1, 0.15) is 13.3 Å². The molecule has 2 saturated heterocycles. The Labute approximate surface area is 97.0 Å². The normalized spacial score (nSPS) is 30.9. The Kier molecular flexibility index (Phi) is 4.37. The third kappa shape index (κ3) is 2.44. The lowest BCUT2D eigenvalue weighted by molar-refractivity contribution is -0.131. The van der Waals surface area contributed by atoms with E-state index in [4.69, 9.17) is 5.73 Å². The predicted octanol–water partition coefficient (Wildman–Crippen LogP) is -0.177. The van der Waals surface area contributed by atoms with Gasteiger partial charge in [0.05, 0.1) is 6.04 Å². The van der Waals surface area contributed by atoms with E-state index in [2.05, 4.69) is 5.32 Å². The number of fused-ring (bicyclic) bond motifs is 1. The molecule has 4 nitrogen and oxygen atoms in total. The van der Waals surface area contributed by atoms with Gasteiger partial charge in [0.25, 0.3) is 0 Å². The third-order valence-corrected chi connectivity index (χ3v) is 3.46.